The molecule has 0 saturated heterocycles. The number of halogens is 2. The van der Waals surface area contributed by atoms with Crippen LogP contribution in [-0.2, 0) is 0 Å². The minimum atomic E-state index is -0.0320. The van der Waals surface area contributed by atoms with Crippen LogP contribution < -0.4 is 10.1 Å². The van der Waals surface area contributed by atoms with Gasteiger partial charge in [0.2, 0.25) is 0 Å². The molecule has 0 radical (unpaired) electrons. The van der Waals surface area contributed by atoms with Crippen LogP contribution in [0.15, 0.2) is 30.3 Å². The van der Waals surface area contributed by atoms with E-state index in [1.807, 2.05) is 19.2 Å². The fourth-order valence-electron chi connectivity index (χ4n) is 2.55. The van der Waals surface area contributed by atoms with Crippen LogP contribution in [0.2, 0.25) is 10.0 Å². The number of rotatable bonds is 4. The van der Waals surface area contributed by atoms with Gasteiger partial charge < -0.3 is 10.1 Å². The van der Waals surface area contributed by atoms with Gasteiger partial charge >= 0.3 is 0 Å². The van der Waals surface area contributed by atoms with Gasteiger partial charge in [0.15, 0.2) is 0 Å². The minimum Gasteiger partial charge on any atom is -0.496 e. The number of hydrogen-bond donors (Lipinski definition) is 1. The van der Waals surface area contributed by atoms with E-state index in [4.69, 9.17) is 27.9 Å². The molecular formula is C17H19Cl2NO. The number of hydrogen-bond acceptors (Lipinski definition) is 2. The second-order valence-electron chi connectivity index (χ2n) is 5.05. The second kappa shape index (κ2) is 6.69. The van der Waals surface area contributed by atoms with E-state index < -0.39 is 0 Å². The van der Waals surface area contributed by atoms with Crippen molar-refractivity contribution >= 4 is 23.2 Å². The van der Waals surface area contributed by atoms with Gasteiger partial charge in [-0.15, -0.1) is 0 Å². The Kier molecular flexibility index (Phi) is 5.15. The first kappa shape index (κ1) is 16.2. The van der Waals surface area contributed by atoms with Crippen LogP contribution in [0.3, 0.4) is 0 Å². The Morgan fingerprint density at radius 3 is 2.19 bits per heavy atom. The van der Waals surface area contributed by atoms with E-state index in [1.54, 1.807) is 13.2 Å². The third-order valence-corrected chi connectivity index (χ3v) is 4.17. The van der Waals surface area contributed by atoms with E-state index >= 15 is 0 Å². The molecule has 4 heteroatoms. The molecule has 0 aromatic heterocycles. The molecule has 0 bridgehead atoms. The van der Waals surface area contributed by atoms with Crippen LogP contribution in [0.25, 0.3) is 0 Å². The summed E-state index contributed by atoms with van der Waals surface area (Å²) in [4.78, 5) is 0. The van der Waals surface area contributed by atoms with Gasteiger partial charge in [0.25, 0.3) is 0 Å². The molecule has 0 amide bonds. The lowest BCUT2D eigenvalue weighted by Gasteiger charge is -2.22. The topological polar surface area (TPSA) is 21.3 Å². The normalized spacial score (nSPS) is 12.3. The van der Waals surface area contributed by atoms with Crippen LogP contribution in [0.4, 0.5) is 0 Å². The molecular weight excluding hydrogens is 305 g/mol. The Bertz CT molecular complexity index is 635. The molecule has 0 fully saturated rings. The summed E-state index contributed by atoms with van der Waals surface area (Å²) in [6, 6.07) is 9.72. The van der Waals surface area contributed by atoms with Gasteiger partial charge in [-0.25, -0.2) is 0 Å². The van der Waals surface area contributed by atoms with Crippen LogP contribution in [0, 0.1) is 13.8 Å². The number of aryl methyl sites for hydroxylation is 1. The molecule has 0 aliphatic rings. The van der Waals surface area contributed by atoms with Gasteiger partial charge in [-0.05, 0) is 55.8 Å². The Morgan fingerprint density at radius 1 is 1.05 bits per heavy atom. The third kappa shape index (κ3) is 3.34. The summed E-state index contributed by atoms with van der Waals surface area (Å²) in [5.41, 5.74) is 4.43. The highest BCUT2D eigenvalue weighted by atomic mass is 35.5. The van der Waals surface area contributed by atoms with Crippen LogP contribution in [-0.4, -0.2) is 14.2 Å². The number of benzene rings is 2. The first-order chi connectivity index (χ1) is 9.97. The highest BCUT2D eigenvalue weighted by molar-refractivity contribution is 6.34. The van der Waals surface area contributed by atoms with Crippen molar-refractivity contribution in [2.45, 2.75) is 19.9 Å². The fourth-order valence-corrected chi connectivity index (χ4v) is 3.10. The molecule has 2 aromatic carbocycles. The van der Waals surface area contributed by atoms with E-state index in [9.17, 15) is 0 Å². The molecule has 1 atom stereocenters. The van der Waals surface area contributed by atoms with E-state index in [-0.39, 0.29) is 6.04 Å². The Balaban J connectivity index is 2.59. The number of methoxy groups -OCH3 is 1. The van der Waals surface area contributed by atoms with Gasteiger partial charge in [-0.1, -0.05) is 35.3 Å². The molecule has 0 aliphatic heterocycles. The fraction of sp³-hybridized carbons (Fsp3) is 0.294. The van der Waals surface area contributed by atoms with E-state index in [0.29, 0.717) is 10.0 Å². The van der Waals surface area contributed by atoms with Gasteiger partial charge in [-0.2, -0.15) is 0 Å². The lowest BCUT2D eigenvalue weighted by atomic mass is 9.94. The molecule has 112 valence electrons. The Morgan fingerprint density at radius 2 is 1.67 bits per heavy atom. The summed E-state index contributed by atoms with van der Waals surface area (Å²) in [7, 11) is 3.61. The maximum Gasteiger partial charge on any atom is 0.127 e. The summed E-state index contributed by atoms with van der Waals surface area (Å²) in [6.07, 6.45) is 0. The Hall–Kier alpha value is -1.22. The smallest absolute Gasteiger partial charge is 0.127 e. The zero-order chi connectivity index (χ0) is 15.6. The van der Waals surface area contributed by atoms with Crippen molar-refractivity contribution in [2.24, 2.45) is 0 Å². The van der Waals surface area contributed by atoms with Crippen LogP contribution in [0.1, 0.15) is 28.3 Å². The van der Waals surface area contributed by atoms with Gasteiger partial charge in [0, 0.05) is 15.6 Å². The first-order valence-corrected chi connectivity index (χ1v) is 7.51. The quantitative estimate of drug-likeness (QED) is 0.861. The SMILES string of the molecule is CNC(c1cc(Cl)cc(Cl)c1)c1ccc(C)c(C)c1OC. The summed E-state index contributed by atoms with van der Waals surface area (Å²) >= 11 is 12.3. The van der Waals surface area contributed by atoms with Crippen molar-refractivity contribution < 1.29 is 4.74 Å². The van der Waals surface area contributed by atoms with Crippen LogP contribution in [0.5, 0.6) is 5.75 Å². The maximum atomic E-state index is 6.13. The second-order valence-corrected chi connectivity index (χ2v) is 5.93. The molecule has 2 rings (SSSR count). The molecule has 21 heavy (non-hydrogen) atoms. The summed E-state index contributed by atoms with van der Waals surface area (Å²) in [6.45, 7) is 4.14. The predicted molar refractivity (Wildman–Crippen MR) is 89.8 cm³/mol. The van der Waals surface area contributed by atoms with E-state index in [0.717, 1.165) is 22.4 Å². The highest BCUT2D eigenvalue weighted by Crippen LogP contribution is 2.35. The van der Waals surface area contributed by atoms with Crippen molar-refractivity contribution in [3.63, 3.8) is 0 Å². The summed E-state index contributed by atoms with van der Waals surface area (Å²) < 4.78 is 5.62. The zero-order valence-corrected chi connectivity index (χ0v) is 14.1. The van der Waals surface area contributed by atoms with Gasteiger partial charge in [0.05, 0.1) is 13.2 Å². The van der Waals surface area contributed by atoms with Gasteiger partial charge in [0.1, 0.15) is 5.75 Å². The standard InChI is InChI=1S/C17H19Cl2NO/c1-10-5-6-15(17(21-4)11(10)2)16(20-3)12-7-13(18)9-14(19)8-12/h5-9,16,20H,1-4H3. The van der Waals surface area contributed by atoms with Crippen molar-refractivity contribution in [2.75, 3.05) is 14.2 Å². The molecule has 0 aliphatic carbocycles. The summed E-state index contributed by atoms with van der Waals surface area (Å²) in [5, 5.41) is 4.56. The maximum absolute atomic E-state index is 6.13. The lowest BCUT2D eigenvalue weighted by molar-refractivity contribution is 0.402. The van der Waals surface area contributed by atoms with Crippen LogP contribution >= 0.6 is 23.2 Å². The lowest BCUT2D eigenvalue weighted by Crippen LogP contribution is -2.19. The first-order valence-electron chi connectivity index (χ1n) is 6.75. The monoisotopic (exact) mass is 323 g/mol. The highest BCUT2D eigenvalue weighted by Gasteiger charge is 2.19. The average Bonchev–Trinajstić information content (AvgIpc) is 2.43. The zero-order valence-electron chi connectivity index (χ0n) is 12.6. The molecule has 0 spiro atoms. The van der Waals surface area contributed by atoms with E-state index in [2.05, 4.69) is 31.3 Å². The van der Waals surface area contributed by atoms with Gasteiger partial charge in [-0.3, -0.25) is 0 Å². The number of nitrogens with one attached hydrogen (secondary N) is 1. The molecule has 0 saturated carbocycles. The average molecular weight is 324 g/mol. The third-order valence-electron chi connectivity index (χ3n) is 3.73. The van der Waals surface area contributed by atoms with Crippen molar-refractivity contribution in [1.29, 1.82) is 0 Å². The minimum absolute atomic E-state index is 0.0320. The molecule has 2 aromatic rings. The van der Waals surface area contributed by atoms with E-state index in [1.165, 1.54) is 5.56 Å². The molecule has 0 heterocycles. The summed E-state index contributed by atoms with van der Waals surface area (Å²) in [5.74, 6) is 0.894. The van der Waals surface area contributed by atoms with Crippen molar-refractivity contribution in [1.82, 2.24) is 5.32 Å². The molecule has 1 N–H and O–H groups in total. The van der Waals surface area contributed by atoms with Crippen molar-refractivity contribution in [3.8, 4) is 5.75 Å². The Labute approximate surface area is 136 Å². The molecule has 1 unspecified atom stereocenters. The number of ether oxygens (including phenoxy) is 1. The predicted octanol–water partition coefficient (Wildman–Crippen LogP) is 4.93. The molecule has 2 nitrogen and oxygen atoms in total. The van der Waals surface area contributed by atoms with Crippen molar-refractivity contribution in [3.05, 3.63) is 62.6 Å². The largest absolute Gasteiger partial charge is 0.496 e.